The van der Waals surface area contributed by atoms with Gasteiger partial charge in [0.25, 0.3) is 5.56 Å². The molecule has 2 aromatic heterocycles. The van der Waals surface area contributed by atoms with Gasteiger partial charge < -0.3 is 5.32 Å². The van der Waals surface area contributed by atoms with Crippen molar-refractivity contribution in [2.45, 2.75) is 32.7 Å². The Kier molecular flexibility index (Phi) is 4.62. The van der Waals surface area contributed by atoms with Crippen molar-refractivity contribution < 1.29 is 0 Å². The minimum atomic E-state index is -0.0656. The number of piperazine rings is 1. The number of fused-ring (bicyclic) bond motifs is 1. The summed E-state index contributed by atoms with van der Waals surface area (Å²) >= 11 is 1.54. The normalized spacial score (nSPS) is 16.6. The molecular formula is C14H21N5OS. The Morgan fingerprint density at radius 1 is 1.38 bits per heavy atom. The van der Waals surface area contributed by atoms with Crippen LogP contribution in [-0.4, -0.2) is 45.7 Å². The van der Waals surface area contributed by atoms with E-state index < -0.39 is 0 Å². The predicted octanol–water partition coefficient (Wildman–Crippen LogP) is 0.899. The van der Waals surface area contributed by atoms with Crippen molar-refractivity contribution >= 4 is 16.3 Å². The molecule has 7 heteroatoms. The first kappa shape index (κ1) is 14.6. The summed E-state index contributed by atoms with van der Waals surface area (Å²) in [7, 11) is 0. The lowest BCUT2D eigenvalue weighted by Gasteiger charge is -2.26. The summed E-state index contributed by atoms with van der Waals surface area (Å²) in [6.07, 6.45) is 3.16. The molecule has 21 heavy (non-hydrogen) atoms. The number of nitrogens with zero attached hydrogens (tertiary/aromatic N) is 4. The zero-order valence-corrected chi connectivity index (χ0v) is 13.2. The maximum absolute atomic E-state index is 12.2. The van der Waals surface area contributed by atoms with E-state index in [2.05, 4.69) is 27.2 Å². The lowest BCUT2D eigenvalue weighted by molar-refractivity contribution is 0.231. The average molecular weight is 307 g/mol. The molecule has 0 aliphatic carbocycles. The molecule has 3 rings (SSSR count). The van der Waals surface area contributed by atoms with Crippen LogP contribution < -0.4 is 10.9 Å². The molecular weight excluding hydrogens is 286 g/mol. The fourth-order valence-corrected chi connectivity index (χ4v) is 3.46. The Bertz CT molecular complexity index is 659. The molecule has 0 atom stereocenters. The van der Waals surface area contributed by atoms with Gasteiger partial charge >= 0.3 is 0 Å². The largest absolute Gasteiger partial charge is 0.314 e. The van der Waals surface area contributed by atoms with Crippen LogP contribution >= 0.6 is 11.3 Å². The number of nitrogens with one attached hydrogen (secondary N) is 1. The molecule has 0 bridgehead atoms. The Morgan fingerprint density at radius 3 is 2.95 bits per heavy atom. The third-order valence-electron chi connectivity index (χ3n) is 3.68. The molecule has 1 N–H and O–H groups in total. The Morgan fingerprint density at radius 2 is 2.19 bits per heavy atom. The van der Waals surface area contributed by atoms with Gasteiger partial charge in [0.2, 0.25) is 4.96 Å². The summed E-state index contributed by atoms with van der Waals surface area (Å²) in [6.45, 7) is 6.92. The molecule has 0 spiro atoms. The van der Waals surface area contributed by atoms with E-state index in [1.807, 2.05) is 0 Å². The van der Waals surface area contributed by atoms with Gasteiger partial charge in [0.05, 0.1) is 5.69 Å². The molecule has 0 radical (unpaired) electrons. The monoisotopic (exact) mass is 307 g/mol. The molecule has 1 aliphatic rings. The van der Waals surface area contributed by atoms with Crippen LogP contribution in [0.2, 0.25) is 0 Å². The Hall–Kier alpha value is -1.31. The number of aromatic nitrogens is 3. The third kappa shape index (κ3) is 3.48. The lowest BCUT2D eigenvalue weighted by Crippen LogP contribution is -2.43. The number of rotatable bonds is 5. The van der Waals surface area contributed by atoms with E-state index in [0.717, 1.165) is 67.6 Å². The fraction of sp³-hybridized carbons (Fsp3) is 0.643. The fourth-order valence-electron chi connectivity index (χ4n) is 2.50. The van der Waals surface area contributed by atoms with E-state index in [-0.39, 0.29) is 5.56 Å². The minimum absolute atomic E-state index is 0.0656. The van der Waals surface area contributed by atoms with E-state index in [9.17, 15) is 4.79 Å². The highest BCUT2D eigenvalue weighted by atomic mass is 32.1. The molecule has 1 aliphatic heterocycles. The number of hydrogen-bond acceptors (Lipinski definition) is 6. The second-order valence-corrected chi connectivity index (χ2v) is 6.45. The molecule has 1 fully saturated rings. The SMILES string of the molecule is CCCCc1nn2c(=O)cc(CN3CCNCC3)nc2s1. The highest BCUT2D eigenvalue weighted by Crippen LogP contribution is 2.14. The highest BCUT2D eigenvalue weighted by Gasteiger charge is 2.13. The molecule has 114 valence electrons. The van der Waals surface area contributed by atoms with Gasteiger partial charge in [0.1, 0.15) is 5.01 Å². The molecule has 2 aromatic rings. The van der Waals surface area contributed by atoms with Crippen LogP contribution in [0.3, 0.4) is 0 Å². The molecule has 1 saturated heterocycles. The summed E-state index contributed by atoms with van der Waals surface area (Å²) < 4.78 is 1.44. The maximum atomic E-state index is 12.2. The summed E-state index contributed by atoms with van der Waals surface area (Å²) in [5.41, 5.74) is 0.789. The Labute approximate surface area is 127 Å². The predicted molar refractivity (Wildman–Crippen MR) is 83.9 cm³/mol. The van der Waals surface area contributed by atoms with E-state index in [0.29, 0.717) is 0 Å². The van der Waals surface area contributed by atoms with Gasteiger partial charge in [0.15, 0.2) is 0 Å². The van der Waals surface area contributed by atoms with E-state index in [1.54, 1.807) is 6.07 Å². The minimum Gasteiger partial charge on any atom is -0.314 e. The van der Waals surface area contributed by atoms with Gasteiger partial charge in [-0.05, 0) is 6.42 Å². The standard InChI is InChI=1S/C14H21N5OS/c1-2-3-4-12-17-19-13(20)9-11(16-14(19)21-12)10-18-7-5-15-6-8-18/h9,15H,2-8,10H2,1H3. The molecule has 0 aromatic carbocycles. The van der Waals surface area contributed by atoms with E-state index in [1.165, 1.54) is 15.9 Å². The third-order valence-corrected chi connectivity index (χ3v) is 4.65. The van der Waals surface area contributed by atoms with Crippen molar-refractivity contribution in [2.24, 2.45) is 0 Å². The average Bonchev–Trinajstić information content (AvgIpc) is 2.90. The first-order valence-electron chi connectivity index (χ1n) is 7.58. The van der Waals surface area contributed by atoms with Gasteiger partial charge in [-0.15, -0.1) is 0 Å². The number of aryl methyl sites for hydroxylation is 1. The van der Waals surface area contributed by atoms with Crippen molar-refractivity contribution in [1.29, 1.82) is 0 Å². The first-order chi connectivity index (χ1) is 10.3. The van der Waals surface area contributed by atoms with Crippen LogP contribution in [0.4, 0.5) is 0 Å². The Balaban J connectivity index is 1.81. The molecule has 0 saturated carbocycles. The quantitative estimate of drug-likeness (QED) is 0.889. The lowest BCUT2D eigenvalue weighted by atomic mass is 10.3. The maximum Gasteiger partial charge on any atom is 0.275 e. The zero-order chi connectivity index (χ0) is 14.7. The summed E-state index contributed by atoms with van der Waals surface area (Å²) in [5.74, 6) is 0. The highest BCUT2D eigenvalue weighted by molar-refractivity contribution is 7.16. The summed E-state index contributed by atoms with van der Waals surface area (Å²) in [6, 6.07) is 1.62. The second kappa shape index (κ2) is 6.64. The van der Waals surface area contributed by atoms with Crippen LogP contribution in [0.5, 0.6) is 0 Å². The number of unbranched alkanes of at least 4 members (excludes halogenated alkanes) is 1. The zero-order valence-electron chi connectivity index (χ0n) is 12.3. The number of hydrogen-bond donors (Lipinski definition) is 1. The first-order valence-corrected chi connectivity index (χ1v) is 8.39. The van der Waals surface area contributed by atoms with E-state index >= 15 is 0 Å². The second-order valence-electron chi connectivity index (χ2n) is 5.41. The van der Waals surface area contributed by atoms with Gasteiger partial charge in [-0.3, -0.25) is 9.69 Å². The molecule has 0 unspecified atom stereocenters. The van der Waals surface area contributed by atoms with Crippen molar-refractivity contribution in [2.75, 3.05) is 26.2 Å². The summed E-state index contributed by atoms with van der Waals surface area (Å²) in [4.78, 5) is 19.8. The van der Waals surface area contributed by atoms with Crippen LogP contribution in [0.15, 0.2) is 10.9 Å². The van der Waals surface area contributed by atoms with Crippen LogP contribution in [0, 0.1) is 0 Å². The smallest absolute Gasteiger partial charge is 0.275 e. The van der Waals surface area contributed by atoms with E-state index in [4.69, 9.17) is 0 Å². The topological polar surface area (TPSA) is 62.5 Å². The summed E-state index contributed by atoms with van der Waals surface area (Å²) in [5, 5.41) is 8.70. The van der Waals surface area contributed by atoms with Crippen molar-refractivity contribution in [1.82, 2.24) is 24.8 Å². The molecule has 0 amide bonds. The van der Waals surface area contributed by atoms with Crippen molar-refractivity contribution in [3.63, 3.8) is 0 Å². The molecule has 3 heterocycles. The molecule has 6 nitrogen and oxygen atoms in total. The van der Waals surface area contributed by atoms with Gasteiger partial charge in [0, 0.05) is 45.2 Å². The van der Waals surface area contributed by atoms with Crippen LogP contribution in [0.25, 0.3) is 4.96 Å². The van der Waals surface area contributed by atoms with Gasteiger partial charge in [-0.25, -0.2) is 4.98 Å². The van der Waals surface area contributed by atoms with Crippen molar-refractivity contribution in [3.8, 4) is 0 Å². The van der Waals surface area contributed by atoms with Crippen molar-refractivity contribution in [3.05, 3.63) is 27.1 Å². The van der Waals surface area contributed by atoms with Crippen LogP contribution in [-0.2, 0) is 13.0 Å². The van der Waals surface area contributed by atoms with Crippen LogP contribution in [0.1, 0.15) is 30.5 Å². The van der Waals surface area contributed by atoms with Gasteiger partial charge in [-0.1, -0.05) is 24.7 Å². The van der Waals surface area contributed by atoms with Gasteiger partial charge in [-0.2, -0.15) is 9.61 Å².